The Morgan fingerprint density at radius 1 is 1.26 bits per heavy atom. The highest BCUT2D eigenvalue weighted by Crippen LogP contribution is 2.31. The second kappa shape index (κ2) is 7.86. The summed E-state index contributed by atoms with van der Waals surface area (Å²) < 4.78 is 10.3. The van der Waals surface area contributed by atoms with Gasteiger partial charge in [-0.1, -0.05) is 6.07 Å². The molecule has 0 aliphatic heterocycles. The number of benzene rings is 1. The van der Waals surface area contributed by atoms with Crippen LogP contribution in [-0.2, 0) is 6.42 Å². The molecule has 1 aromatic carbocycles. The molecule has 104 valence electrons. The van der Waals surface area contributed by atoms with Crippen molar-refractivity contribution >= 4 is 39.2 Å². The lowest BCUT2D eigenvalue weighted by molar-refractivity contribution is 0.323. The molecule has 0 amide bonds. The van der Waals surface area contributed by atoms with E-state index in [1.807, 2.05) is 19.1 Å². The Morgan fingerprint density at radius 3 is 2.58 bits per heavy atom. The summed E-state index contributed by atoms with van der Waals surface area (Å²) in [6.07, 6.45) is 3.25. The molecule has 1 rings (SSSR count). The van der Waals surface area contributed by atoms with Crippen molar-refractivity contribution in [3.63, 3.8) is 0 Å². The number of hydrogen-bond donors (Lipinski definition) is 0. The average molecular weight is 339 g/mol. The highest BCUT2D eigenvalue weighted by Gasteiger charge is 2.23. The number of nitriles is 1. The maximum absolute atomic E-state index is 8.55. The number of aryl methyl sites for hydroxylation is 1. The molecular formula is C12H14Cl3NO2Si. The summed E-state index contributed by atoms with van der Waals surface area (Å²) in [5.41, 5.74) is 1.07. The van der Waals surface area contributed by atoms with Crippen LogP contribution in [0.3, 0.4) is 0 Å². The van der Waals surface area contributed by atoms with Gasteiger partial charge in [0.25, 0.3) is 6.26 Å². The van der Waals surface area contributed by atoms with E-state index in [9.17, 15) is 0 Å². The van der Waals surface area contributed by atoms with Crippen LogP contribution in [0.15, 0.2) is 18.2 Å². The molecule has 0 saturated heterocycles. The first-order chi connectivity index (χ1) is 8.96. The van der Waals surface area contributed by atoms with Crippen LogP contribution in [0.4, 0.5) is 0 Å². The molecule has 0 aliphatic rings. The van der Waals surface area contributed by atoms with Crippen molar-refractivity contribution in [3.8, 4) is 17.8 Å². The SMILES string of the molecule is CCOc1cc(CCC[Si](Cl)(Cl)Cl)ccc1OC#N. The van der Waals surface area contributed by atoms with Gasteiger partial charge >= 0.3 is 6.00 Å². The molecule has 1 aromatic rings. The van der Waals surface area contributed by atoms with E-state index in [4.69, 9.17) is 48.0 Å². The molecule has 0 heterocycles. The highest BCUT2D eigenvalue weighted by molar-refractivity contribution is 7.64. The minimum absolute atomic E-state index is 0.420. The Hall–Kier alpha value is -0.603. The van der Waals surface area contributed by atoms with Crippen LogP contribution in [-0.4, -0.2) is 12.6 Å². The van der Waals surface area contributed by atoms with E-state index < -0.39 is 6.00 Å². The first-order valence-electron chi connectivity index (χ1n) is 5.84. The molecule has 0 saturated carbocycles. The van der Waals surface area contributed by atoms with Crippen LogP contribution in [0.5, 0.6) is 11.5 Å². The molecule has 0 aromatic heterocycles. The fourth-order valence-corrected chi connectivity index (χ4v) is 3.38. The molecule has 0 spiro atoms. The van der Waals surface area contributed by atoms with Gasteiger partial charge in [0, 0.05) is 0 Å². The first-order valence-corrected chi connectivity index (χ1v) is 11.1. The number of rotatable bonds is 7. The molecule has 3 nitrogen and oxygen atoms in total. The number of nitrogens with zero attached hydrogens (tertiary/aromatic N) is 1. The largest absolute Gasteiger partial charge is 0.490 e. The standard InChI is InChI=1S/C12H14Cl3NO2Si/c1-2-17-12-8-10(4-3-7-19(13,14)15)5-6-11(12)18-9-16/h5-6,8H,2-4,7H2,1H3. The molecule has 0 aliphatic carbocycles. The van der Waals surface area contributed by atoms with Gasteiger partial charge in [0.05, 0.1) is 6.61 Å². The van der Waals surface area contributed by atoms with E-state index in [2.05, 4.69) is 0 Å². The summed E-state index contributed by atoms with van der Waals surface area (Å²) in [6, 6.07) is 3.54. The van der Waals surface area contributed by atoms with Crippen molar-refractivity contribution < 1.29 is 9.47 Å². The number of hydrogen-bond acceptors (Lipinski definition) is 3. The normalized spacial score (nSPS) is 10.9. The van der Waals surface area contributed by atoms with Gasteiger partial charge in [0.1, 0.15) is 0 Å². The highest BCUT2D eigenvalue weighted by atomic mass is 35.8. The number of halogens is 3. The molecule has 0 atom stereocenters. The Bertz CT molecular complexity index is 457. The van der Waals surface area contributed by atoms with E-state index in [-0.39, 0.29) is 0 Å². The molecular weight excluding hydrogens is 325 g/mol. The van der Waals surface area contributed by atoms with Gasteiger partial charge < -0.3 is 9.47 Å². The predicted octanol–water partition coefficient (Wildman–Crippen LogP) is 4.53. The Morgan fingerprint density at radius 2 is 2.00 bits per heavy atom. The number of ether oxygens (including phenoxy) is 2. The van der Waals surface area contributed by atoms with E-state index >= 15 is 0 Å². The second-order valence-corrected chi connectivity index (χ2v) is 13.2. The minimum Gasteiger partial charge on any atom is -0.490 e. The zero-order valence-corrected chi connectivity index (χ0v) is 13.7. The van der Waals surface area contributed by atoms with E-state index in [1.54, 1.807) is 12.3 Å². The third-order valence-corrected chi connectivity index (χ3v) is 5.01. The lowest BCUT2D eigenvalue weighted by Crippen LogP contribution is -2.08. The smallest absolute Gasteiger partial charge is 0.341 e. The second-order valence-electron chi connectivity index (χ2n) is 3.88. The molecule has 0 unspecified atom stereocenters. The molecule has 0 radical (unpaired) electrons. The Balaban J connectivity index is 2.70. The van der Waals surface area contributed by atoms with Crippen LogP contribution in [0.1, 0.15) is 18.9 Å². The maximum atomic E-state index is 8.55. The van der Waals surface area contributed by atoms with Gasteiger partial charge in [-0.3, -0.25) is 0 Å². The third-order valence-electron chi connectivity index (χ3n) is 2.39. The third kappa shape index (κ3) is 6.39. The summed E-state index contributed by atoms with van der Waals surface area (Å²) in [4.78, 5) is 0. The summed E-state index contributed by atoms with van der Waals surface area (Å²) >= 11 is 17.5. The van der Waals surface area contributed by atoms with E-state index in [0.29, 0.717) is 24.2 Å². The predicted molar refractivity (Wildman–Crippen MR) is 80.3 cm³/mol. The van der Waals surface area contributed by atoms with Crippen LogP contribution >= 0.6 is 33.2 Å². The average Bonchev–Trinajstić information content (AvgIpc) is 2.31. The van der Waals surface area contributed by atoms with Gasteiger partial charge in [-0.05, 0) is 43.5 Å². The Labute approximate surface area is 128 Å². The topological polar surface area (TPSA) is 42.2 Å². The summed E-state index contributed by atoms with van der Waals surface area (Å²) in [7, 11) is 0. The summed E-state index contributed by atoms with van der Waals surface area (Å²) in [5.74, 6) is 0.983. The molecule has 0 fully saturated rings. The monoisotopic (exact) mass is 337 g/mol. The van der Waals surface area contributed by atoms with Crippen LogP contribution < -0.4 is 9.47 Å². The lowest BCUT2D eigenvalue weighted by atomic mass is 10.1. The van der Waals surface area contributed by atoms with Gasteiger partial charge in [-0.25, -0.2) is 0 Å². The minimum atomic E-state index is -2.55. The van der Waals surface area contributed by atoms with E-state index in [1.165, 1.54) is 0 Å². The molecule has 0 N–H and O–H groups in total. The van der Waals surface area contributed by atoms with Gasteiger partial charge in [0.15, 0.2) is 11.5 Å². The Kier molecular flexibility index (Phi) is 6.80. The van der Waals surface area contributed by atoms with Crippen LogP contribution in [0.25, 0.3) is 0 Å². The molecule has 19 heavy (non-hydrogen) atoms. The van der Waals surface area contributed by atoms with Crippen molar-refractivity contribution in [2.24, 2.45) is 0 Å². The fraction of sp³-hybridized carbons (Fsp3) is 0.417. The van der Waals surface area contributed by atoms with E-state index in [0.717, 1.165) is 18.4 Å². The maximum Gasteiger partial charge on any atom is 0.341 e. The van der Waals surface area contributed by atoms with Gasteiger partial charge in [0.2, 0.25) is 0 Å². The van der Waals surface area contributed by atoms with Crippen molar-refractivity contribution in [1.82, 2.24) is 0 Å². The fourth-order valence-electron chi connectivity index (χ4n) is 1.60. The lowest BCUT2D eigenvalue weighted by Gasteiger charge is -2.10. The van der Waals surface area contributed by atoms with Crippen molar-refractivity contribution in [2.75, 3.05) is 6.61 Å². The molecule has 0 bridgehead atoms. The van der Waals surface area contributed by atoms with Crippen molar-refractivity contribution in [3.05, 3.63) is 23.8 Å². The van der Waals surface area contributed by atoms with Crippen LogP contribution in [0.2, 0.25) is 6.04 Å². The van der Waals surface area contributed by atoms with Crippen molar-refractivity contribution in [1.29, 1.82) is 5.26 Å². The summed E-state index contributed by atoms with van der Waals surface area (Å²) in [6.45, 7) is 2.38. The van der Waals surface area contributed by atoms with Gasteiger partial charge in [-0.2, -0.15) is 0 Å². The van der Waals surface area contributed by atoms with Crippen molar-refractivity contribution in [2.45, 2.75) is 25.8 Å². The van der Waals surface area contributed by atoms with Crippen LogP contribution in [0, 0.1) is 11.5 Å². The molecule has 7 heteroatoms. The summed E-state index contributed by atoms with van der Waals surface area (Å²) in [5, 5.41) is 8.55. The van der Waals surface area contributed by atoms with Gasteiger partial charge in [-0.15, -0.1) is 38.5 Å². The first kappa shape index (κ1) is 16.5. The zero-order valence-electron chi connectivity index (χ0n) is 10.5. The quantitative estimate of drug-likeness (QED) is 0.416. The zero-order chi connectivity index (χ0) is 14.3.